The van der Waals surface area contributed by atoms with Crippen molar-refractivity contribution in [2.24, 2.45) is 5.92 Å². The van der Waals surface area contributed by atoms with Gasteiger partial charge in [-0.1, -0.05) is 13.8 Å². The first-order chi connectivity index (χ1) is 7.16. The summed E-state index contributed by atoms with van der Waals surface area (Å²) in [6.45, 7) is 4.14. The zero-order valence-electron chi connectivity index (χ0n) is 8.86. The Morgan fingerprint density at radius 3 is 3.13 bits per heavy atom. The number of hydrogen-bond acceptors (Lipinski definition) is 3. The van der Waals surface area contributed by atoms with E-state index in [1.165, 1.54) is 0 Å². The SMILES string of the molecule is CC(C)CC1Oc2ccncc2NC1=O. The minimum absolute atomic E-state index is 0.0794. The number of hydrogen-bond donors (Lipinski definition) is 1. The largest absolute Gasteiger partial charge is 0.478 e. The first-order valence-electron chi connectivity index (χ1n) is 5.08. The van der Waals surface area contributed by atoms with E-state index < -0.39 is 0 Å². The minimum Gasteiger partial charge on any atom is -0.478 e. The van der Waals surface area contributed by atoms with Crippen LogP contribution in [0, 0.1) is 5.92 Å². The van der Waals surface area contributed by atoms with Crippen LogP contribution >= 0.6 is 0 Å². The number of fused-ring (bicyclic) bond motifs is 1. The van der Waals surface area contributed by atoms with Crippen molar-refractivity contribution in [1.82, 2.24) is 4.98 Å². The highest BCUT2D eigenvalue weighted by molar-refractivity contribution is 5.97. The van der Waals surface area contributed by atoms with Crippen LogP contribution in [0.15, 0.2) is 18.5 Å². The number of carbonyl (C=O) groups is 1. The highest BCUT2D eigenvalue weighted by atomic mass is 16.5. The zero-order chi connectivity index (χ0) is 10.8. The number of nitrogens with zero attached hydrogens (tertiary/aromatic N) is 1. The van der Waals surface area contributed by atoms with Gasteiger partial charge in [-0.3, -0.25) is 9.78 Å². The molecule has 1 unspecified atom stereocenters. The smallest absolute Gasteiger partial charge is 0.265 e. The normalized spacial score (nSPS) is 19.4. The quantitative estimate of drug-likeness (QED) is 0.803. The van der Waals surface area contributed by atoms with Crippen molar-refractivity contribution in [2.75, 3.05) is 5.32 Å². The van der Waals surface area contributed by atoms with Crippen molar-refractivity contribution in [3.63, 3.8) is 0 Å². The summed E-state index contributed by atoms with van der Waals surface area (Å²) < 4.78 is 5.60. The highest BCUT2D eigenvalue weighted by Gasteiger charge is 2.27. The van der Waals surface area contributed by atoms with Crippen LogP contribution in [0.4, 0.5) is 5.69 Å². The molecular weight excluding hydrogens is 192 g/mol. The molecule has 1 aromatic rings. The molecule has 2 rings (SSSR count). The topological polar surface area (TPSA) is 51.2 Å². The molecular formula is C11H14N2O2. The number of pyridine rings is 1. The van der Waals surface area contributed by atoms with Gasteiger partial charge in [-0.2, -0.15) is 0 Å². The van der Waals surface area contributed by atoms with Gasteiger partial charge in [0.1, 0.15) is 11.4 Å². The molecule has 1 N–H and O–H groups in total. The van der Waals surface area contributed by atoms with Crippen LogP contribution in [-0.2, 0) is 4.79 Å². The fourth-order valence-electron chi connectivity index (χ4n) is 1.58. The molecule has 0 aromatic carbocycles. The third-order valence-electron chi connectivity index (χ3n) is 2.29. The summed E-state index contributed by atoms with van der Waals surface area (Å²) in [6.07, 6.45) is 3.61. The van der Waals surface area contributed by atoms with Gasteiger partial charge >= 0.3 is 0 Å². The van der Waals surface area contributed by atoms with Gasteiger partial charge in [-0.15, -0.1) is 0 Å². The number of rotatable bonds is 2. The predicted molar refractivity (Wildman–Crippen MR) is 56.7 cm³/mol. The number of nitrogens with one attached hydrogen (secondary N) is 1. The Morgan fingerprint density at radius 1 is 1.60 bits per heavy atom. The summed E-state index contributed by atoms with van der Waals surface area (Å²) in [5.41, 5.74) is 0.655. The Morgan fingerprint density at radius 2 is 2.40 bits per heavy atom. The lowest BCUT2D eigenvalue weighted by Crippen LogP contribution is -2.37. The van der Waals surface area contributed by atoms with E-state index in [0.29, 0.717) is 17.4 Å². The number of aromatic nitrogens is 1. The van der Waals surface area contributed by atoms with Crippen molar-refractivity contribution in [2.45, 2.75) is 26.4 Å². The van der Waals surface area contributed by atoms with Crippen molar-refractivity contribution in [3.8, 4) is 5.75 Å². The van der Waals surface area contributed by atoms with E-state index in [4.69, 9.17) is 4.74 Å². The molecule has 0 spiro atoms. The molecule has 0 radical (unpaired) electrons. The Hall–Kier alpha value is -1.58. The second-order valence-corrected chi connectivity index (χ2v) is 4.10. The molecule has 1 aromatic heterocycles. The molecule has 0 saturated carbocycles. The maximum absolute atomic E-state index is 11.6. The van der Waals surface area contributed by atoms with Gasteiger partial charge in [0.05, 0.1) is 6.20 Å². The molecule has 80 valence electrons. The van der Waals surface area contributed by atoms with Gasteiger partial charge in [-0.05, 0) is 12.3 Å². The molecule has 0 saturated heterocycles. The van der Waals surface area contributed by atoms with Crippen molar-refractivity contribution < 1.29 is 9.53 Å². The molecule has 15 heavy (non-hydrogen) atoms. The molecule has 0 fully saturated rings. The van der Waals surface area contributed by atoms with E-state index in [9.17, 15) is 4.79 Å². The van der Waals surface area contributed by atoms with E-state index in [1.54, 1.807) is 18.5 Å². The fraction of sp³-hybridized carbons (Fsp3) is 0.455. The first kappa shape index (κ1) is 9.96. The molecule has 4 nitrogen and oxygen atoms in total. The average Bonchev–Trinajstić information content (AvgIpc) is 2.18. The minimum atomic E-state index is -0.375. The molecule has 0 aliphatic carbocycles. The van der Waals surface area contributed by atoms with E-state index in [0.717, 1.165) is 6.42 Å². The summed E-state index contributed by atoms with van der Waals surface area (Å²) >= 11 is 0. The standard InChI is InChI=1S/C11H14N2O2/c1-7(2)5-10-11(14)13-8-6-12-4-3-9(8)15-10/h3-4,6-7,10H,5H2,1-2H3,(H,13,14). The van der Waals surface area contributed by atoms with Crippen molar-refractivity contribution >= 4 is 11.6 Å². The number of anilines is 1. The number of carbonyl (C=O) groups excluding carboxylic acids is 1. The van der Waals surface area contributed by atoms with Gasteiger partial charge in [-0.25, -0.2) is 0 Å². The van der Waals surface area contributed by atoms with E-state index in [1.807, 2.05) is 0 Å². The fourth-order valence-corrected chi connectivity index (χ4v) is 1.58. The third kappa shape index (κ3) is 2.09. The maximum atomic E-state index is 11.6. The summed E-state index contributed by atoms with van der Waals surface area (Å²) in [7, 11) is 0. The van der Waals surface area contributed by atoms with Gasteiger partial charge in [0.25, 0.3) is 5.91 Å². The maximum Gasteiger partial charge on any atom is 0.265 e. The van der Waals surface area contributed by atoms with Gasteiger partial charge in [0.15, 0.2) is 6.10 Å². The molecule has 2 heterocycles. The monoisotopic (exact) mass is 206 g/mol. The first-order valence-corrected chi connectivity index (χ1v) is 5.08. The van der Waals surface area contributed by atoms with Crippen LogP contribution in [0.2, 0.25) is 0 Å². The molecule has 1 aliphatic heterocycles. The van der Waals surface area contributed by atoms with Crippen LogP contribution in [-0.4, -0.2) is 17.0 Å². The zero-order valence-corrected chi connectivity index (χ0v) is 8.86. The van der Waals surface area contributed by atoms with Gasteiger partial charge in [0, 0.05) is 12.3 Å². The Labute approximate surface area is 88.7 Å². The van der Waals surface area contributed by atoms with E-state index in [-0.39, 0.29) is 12.0 Å². The number of amides is 1. The van der Waals surface area contributed by atoms with Crippen molar-refractivity contribution in [3.05, 3.63) is 18.5 Å². The highest BCUT2D eigenvalue weighted by Crippen LogP contribution is 2.29. The second-order valence-electron chi connectivity index (χ2n) is 4.10. The van der Waals surface area contributed by atoms with Crippen LogP contribution in [0.3, 0.4) is 0 Å². The average molecular weight is 206 g/mol. The van der Waals surface area contributed by atoms with Crippen LogP contribution in [0.25, 0.3) is 0 Å². The van der Waals surface area contributed by atoms with Crippen LogP contribution < -0.4 is 10.1 Å². The Kier molecular flexibility index (Phi) is 2.58. The lowest BCUT2D eigenvalue weighted by molar-refractivity contribution is -0.124. The molecule has 0 bridgehead atoms. The predicted octanol–water partition coefficient (Wildman–Crippen LogP) is 1.83. The Balaban J connectivity index is 2.18. The third-order valence-corrected chi connectivity index (χ3v) is 2.29. The molecule has 4 heteroatoms. The lowest BCUT2D eigenvalue weighted by atomic mass is 10.0. The summed E-state index contributed by atoms with van der Waals surface area (Å²) in [6, 6.07) is 1.77. The van der Waals surface area contributed by atoms with E-state index in [2.05, 4.69) is 24.1 Å². The van der Waals surface area contributed by atoms with Gasteiger partial charge in [0.2, 0.25) is 0 Å². The van der Waals surface area contributed by atoms with Crippen LogP contribution in [0.5, 0.6) is 5.75 Å². The number of ether oxygens (including phenoxy) is 1. The van der Waals surface area contributed by atoms with Gasteiger partial charge < -0.3 is 10.1 Å². The second kappa shape index (κ2) is 3.88. The molecule has 1 aliphatic rings. The molecule has 1 amide bonds. The van der Waals surface area contributed by atoms with Crippen molar-refractivity contribution in [1.29, 1.82) is 0 Å². The van der Waals surface area contributed by atoms with E-state index >= 15 is 0 Å². The summed E-state index contributed by atoms with van der Waals surface area (Å²) in [5, 5.41) is 2.79. The lowest BCUT2D eigenvalue weighted by Gasteiger charge is -2.26. The summed E-state index contributed by atoms with van der Waals surface area (Å²) in [4.78, 5) is 15.6. The summed E-state index contributed by atoms with van der Waals surface area (Å²) in [5.74, 6) is 1.06. The van der Waals surface area contributed by atoms with Crippen LogP contribution in [0.1, 0.15) is 20.3 Å². The Bertz CT molecular complexity index is 377. The molecule has 1 atom stereocenters.